The molecule has 2 rings (SSSR count). The molecule has 5 heteroatoms. The Labute approximate surface area is 159 Å². The molecule has 1 aromatic carbocycles. The van der Waals surface area contributed by atoms with Gasteiger partial charge >= 0.3 is 0 Å². The van der Waals surface area contributed by atoms with Crippen LogP contribution in [0.1, 0.15) is 39.2 Å². The lowest BCUT2D eigenvalue weighted by atomic mass is 10.0. The Balaban J connectivity index is 1.72. The number of nitrogens with one attached hydrogen (secondary N) is 2. The maximum atomic E-state index is 4.41. The van der Waals surface area contributed by atoms with Gasteiger partial charge in [0.15, 0.2) is 5.96 Å². The summed E-state index contributed by atoms with van der Waals surface area (Å²) in [6.07, 6.45) is 2.37. The topological polar surface area (TPSA) is 42.9 Å². The van der Waals surface area contributed by atoms with Gasteiger partial charge in [0.05, 0.1) is 0 Å². The smallest absolute Gasteiger partial charge is 0.191 e. The Morgan fingerprint density at radius 2 is 1.85 bits per heavy atom. The first-order chi connectivity index (χ1) is 12.5. The molecule has 1 saturated heterocycles. The largest absolute Gasteiger partial charge is 0.355 e. The second-order valence-corrected chi connectivity index (χ2v) is 7.75. The molecule has 1 fully saturated rings. The molecular formula is C21H37N5. The second kappa shape index (κ2) is 10.5. The van der Waals surface area contributed by atoms with Crippen molar-refractivity contribution in [2.24, 2.45) is 4.99 Å². The first-order valence-electron chi connectivity index (χ1n) is 9.95. The molecule has 5 nitrogen and oxygen atoms in total. The van der Waals surface area contributed by atoms with Crippen molar-refractivity contribution in [3.05, 3.63) is 35.9 Å². The number of likely N-dealkylation sites (tertiary alicyclic amines) is 1. The molecule has 1 heterocycles. The molecule has 1 aliphatic rings. The van der Waals surface area contributed by atoms with Crippen LogP contribution in [0.15, 0.2) is 35.3 Å². The molecule has 1 aromatic rings. The number of aliphatic imine (C=N–C) groups is 1. The van der Waals surface area contributed by atoms with Gasteiger partial charge in [-0.2, -0.15) is 0 Å². The van der Waals surface area contributed by atoms with Crippen LogP contribution in [0, 0.1) is 0 Å². The van der Waals surface area contributed by atoms with Crippen molar-refractivity contribution < 1.29 is 0 Å². The predicted octanol–water partition coefficient (Wildman–Crippen LogP) is 2.54. The predicted molar refractivity (Wildman–Crippen MR) is 112 cm³/mol. The van der Waals surface area contributed by atoms with Crippen LogP contribution >= 0.6 is 0 Å². The van der Waals surface area contributed by atoms with E-state index in [0.29, 0.717) is 18.1 Å². The Morgan fingerprint density at radius 1 is 1.19 bits per heavy atom. The third-order valence-corrected chi connectivity index (χ3v) is 5.42. The van der Waals surface area contributed by atoms with E-state index in [1.165, 1.54) is 31.5 Å². The summed E-state index contributed by atoms with van der Waals surface area (Å²) < 4.78 is 0. The maximum absolute atomic E-state index is 4.41. The number of hydrogen-bond acceptors (Lipinski definition) is 3. The van der Waals surface area contributed by atoms with Crippen molar-refractivity contribution in [1.82, 2.24) is 20.4 Å². The summed E-state index contributed by atoms with van der Waals surface area (Å²) in [5, 5.41) is 7.10. The van der Waals surface area contributed by atoms with Gasteiger partial charge in [0, 0.05) is 51.4 Å². The zero-order chi connectivity index (χ0) is 18.9. The minimum Gasteiger partial charge on any atom is -0.355 e. The summed E-state index contributed by atoms with van der Waals surface area (Å²) in [7, 11) is 4.04. The van der Waals surface area contributed by atoms with E-state index in [0.717, 1.165) is 19.0 Å². The highest BCUT2D eigenvalue weighted by molar-refractivity contribution is 5.80. The summed E-state index contributed by atoms with van der Waals surface area (Å²) in [6, 6.07) is 12.2. The fourth-order valence-electron chi connectivity index (χ4n) is 3.38. The number of nitrogens with zero attached hydrogens (tertiary/aromatic N) is 3. The van der Waals surface area contributed by atoms with Crippen LogP contribution in [0.5, 0.6) is 0 Å². The van der Waals surface area contributed by atoms with Crippen molar-refractivity contribution >= 4 is 5.96 Å². The van der Waals surface area contributed by atoms with E-state index in [1.54, 1.807) is 0 Å². The van der Waals surface area contributed by atoms with Gasteiger partial charge in [0.2, 0.25) is 0 Å². The average Bonchev–Trinajstić information content (AvgIpc) is 2.65. The molecule has 0 aromatic heterocycles. The van der Waals surface area contributed by atoms with Gasteiger partial charge in [-0.05, 0) is 46.2 Å². The summed E-state index contributed by atoms with van der Waals surface area (Å²) in [5.74, 6) is 0.924. The summed E-state index contributed by atoms with van der Waals surface area (Å²) >= 11 is 0. The van der Waals surface area contributed by atoms with Crippen LogP contribution in [-0.4, -0.2) is 67.6 Å². The molecule has 0 saturated carbocycles. The zero-order valence-electron chi connectivity index (χ0n) is 17.2. The monoisotopic (exact) mass is 359 g/mol. The van der Waals surface area contributed by atoms with E-state index in [4.69, 9.17) is 0 Å². The fourth-order valence-corrected chi connectivity index (χ4v) is 3.38. The van der Waals surface area contributed by atoms with Gasteiger partial charge in [0.1, 0.15) is 0 Å². The van der Waals surface area contributed by atoms with E-state index < -0.39 is 0 Å². The molecule has 1 unspecified atom stereocenters. The van der Waals surface area contributed by atoms with E-state index in [9.17, 15) is 0 Å². The fraction of sp³-hybridized carbons (Fsp3) is 0.667. The molecule has 1 aliphatic heterocycles. The number of piperidine rings is 1. The molecule has 1 atom stereocenters. The van der Waals surface area contributed by atoms with Gasteiger partial charge in [-0.15, -0.1) is 0 Å². The first kappa shape index (κ1) is 20.7. The first-order valence-corrected chi connectivity index (χ1v) is 9.95. The van der Waals surface area contributed by atoms with Crippen LogP contribution in [0.25, 0.3) is 0 Å². The molecule has 0 bridgehead atoms. The van der Waals surface area contributed by atoms with Crippen molar-refractivity contribution in [3.63, 3.8) is 0 Å². The number of hydrogen-bond donors (Lipinski definition) is 2. The summed E-state index contributed by atoms with van der Waals surface area (Å²) in [4.78, 5) is 9.34. The normalized spacial score (nSPS) is 18.3. The lowest BCUT2D eigenvalue weighted by Crippen LogP contribution is -2.51. The highest BCUT2D eigenvalue weighted by Gasteiger charge is 2.21. The van der Waals surface area contributed by atoms with Crippen LogP contribution in [0.2, 0.25) is 0 Å². The molecule has 26 heavy (non-hydrogen) atoms. The van der Waals surface area contributed by atoms with Gasteiger partial charge < -0.3 is 15.5 Å². The van der Waals surface area contributed by atoms with E-state index in [2.05, 4.69) is 83.6 Å². The van der Waals surface area contributed by atoms with Crippen LogP contribution in [0.3, 0.4) is 0 Å². The SMILES string of the molecule is CN=C(NCC(C)N(C)Cc1ccccc1)NC1CCN(C(C)C)CC1. The maximum Gasteiger partial charge on any atom is 0.191 e. The van der Waals surface area contributed by atoms with E-state index in [1.807, 2.05) is 7.05 Å². The Bertz CT molecular complexity index is 535. The van der Waals surface area contributed by atoms with Gasteiger partial charge in [0.25, 0.3) is 0 Å². The van der Waals surface area contributed by atoms with Crippen LogP contribution < -0.4 is 10.6 Å². The number of benzene rings is 1. The van der Waals surface area contributed by atoms with Crippen molar-refractivity contribution in [3.8, 4) is 0 Å². The minimum absolute atomic E-state index is 0.427. The van der Waals surface area contributed by atoms with Gasteiger partial charge in [-0.25, -0.2) is 0 Å². The summed E-state index contributed by atoms with van der Waals surface area (Å²) in [5.41, 5.74) is 1.35. The molecule has 0 amide bonds. The van der Waals surface area contributed by atoms with Crippen LogP contribution in [0.4, 0.5) is 0 Å². The molecular weight excluding hydrogens is 322 g/mol. The molecule has 0 radical (unpaired) electrons. The Morgan fingerprint density at radius 3 is 2.42 bits per heavy atom. The van der Waals surface area contributed by atoms with E-state index in [-0.39, 0.29) is 0 Å². The summed E-state index contributed by atoms with van der Waals surface area (Å²) in [6.45, 7) is 11.0. The minimum atomic E-state index is 0.427. The standard InChI is InChI=1S/C21H37N5/c1-17(2)26-13-11-20(12-14-26)24-21(22-4)23-15-18(3)25(5)16-19-9-7-6-8-10-19/h6-10,17-18,20H,11-16H2,1-5H3,(H2,22,23,24). The molecule has 0 spiro atoms. The highest BCUT2D eigenvalue weighted by atomic mass is 15.2. The number of guanidine groups is 1. The third-order valence-electron chi connectivity index (χ3n) is 5.42. The van der Waals surface area contributed by atoms with Gasteiger partial charge in [-0.3, -0.25) is 9.89 Å². The molecule has 2 N–H and O–H groups in total. The van der Waals surface area contributed by atoms with Crippen molar-refractivity contribution in [2.45, 2.75) is 58.3 Å². The number of rotatable bonds is 7. The van der Waals surface area contributed by atoms with Crippen molar-refractivity contribution in [2.75, 3.05) is 33.7 Å². The lowest BCUT2D eigenvalue weighted by Gasteiger charge is -2.35. The molecule has 146 valence electrons. The van der Waals surface area contributed by atoms with Crippen LogP contribution in [-0.2, 0) is 6.54 Å². The third kappa shape index (κ3) is 6.61. The lowest BCUT2D eigenvalue weighted by molar-refractivity contribution is 0.167. The number of likely N-dealkylation sites (N-methyl/N-ethyl adjacent to an activating group) is 1. The quantitative estimate of drug-likeness (QED) is 0.580. The van der Waals surface area contributed by atoms with Crippen molar-refractivity contribution in [1.29, 1.82) is 0 Å². The van der Waals surface area contributed by atoms with E-state index >= 15 is 0 Å². The Kier molecular flexibility index (Phi) is 8.39. The Hall–Kier alpha value is -1.59. The molecule has 0 aliphatic carbocycles. The zero-order valence-corrected chi connectivity index (χ0v) is 17.2. The second-order valence-electron chi connectivity index (χ2n) is 7.75. The average molecular weight is 360 g/mol. The highest BCUT2D eigenvalue weighted by Crippen LogP contribution is 2.12. The van der Waals surface area contributed by atoms with Gasteiger partial charge in [-0.1, -0.05) is 30.3 Å².